The van der Waals surface area contributed by atoms with E-state index in [4.69, 9.17) is 9.15 Å². The van der Waals surface area contributed by atoms with Crippen molar-refractivity contribution >= 4 is 18.0 Å². The first kappa shape index (κ1) is 13.4. The summed E-state index contributed by atoms with van der Waals surface area (Å²) in [6, 6.07) is 3.49. The van der Waals surface area contributed by atoms with E-state index in [1.54, 1.807) is 23.1 Å². The molecule has 1 unspecified atom stereocenters. The molecule has 1 aromatic rings. The van der Waals surface area contributed by atoms with Crippen molar-refractivity contribution in [1.29, 1.82) is 0 Å². The number of hydrogen-bond donors (Lipinski definition) is 0. The van der Waals surface area contributed by atoms with Gasteiger partial charge in [0, 0.05) is 12.6 Å². The molecule has 19 heavy (non-hydrogen) atoms. The molecule has 0 N–H and O–H groups in total. The molecule has 1 atom stereocenters. The van der Waals surface area contributed by atoms with E-state index in [-0.39, 0.29) is 12.5 Å². The molecule has 1 saturated heterocycles. The van der Waals surface area contributed by atoms with Gasteiger partial charge < -0.3 is 18.8 Å². The van der Waals surface area contributed by atoms with E-state index in [0.29, 0.717) is 18.9 Å². The number of hydrogen-bond acceptors (Lipinski definition) is 5. The third-order valence-electron chi connectivity index (χ3n) is 2.78. The molecule has 0 aliphatic carbocycles. The molecule has 102 valence electrons. The maximum atomic E-state index is 11.9. The first-order chi connectivity index (χ1) is 9.20. The summed E-state index contributed by atoms with van der Waals surface area (Å²) in [5, 5.41) is 0. The second-order valence-electron chi connectivity index (χ2n) is 4.02. The molecule has 1 aliphatic rings. The number of carbonyl (C=O) groups excluding carboxylic acids is 2. The molecule has 0 radical (unpaired) electrons. The number of furan rings is 1. The fourth-order valence-electron chi connectivity index (χ4n) is 1.77. The third kappa shape index (κ3) is 3.45. The maximum absolute atomic E-state index is 11.9. The van der Waals surface area contributed by atoms with Crippen LogP contribution in [-0.4, -0.2) is 49.7 Å². The van der Waals surface area contributed by atoms with Gasteiger partial charge in [0.05, 0.1) is 26.5 Å². The van der Waals surface area contributed by atoms with Crippen LogP contribution in [0.2, 0.25) is 0 Å². The lowest BCUT2D eigenvalue weighted by atomic mass is 10.2. The lowest BCUT2D eigenvalue weighted by Gasteiger charge is -2.30. The van der Waals surface area contributed by atoms with Gasteiger partial charge in [-0.15, -0.1) is 0 Å². The lowest BCUT2D eigenvalue weighted by Crippen LogP contribution is -2.48. The quantitative estimate of drug-likeness (QED) is 0.594. The highest BCUT2D eigenvalue weighted by Crippen LogP contribution is 2.09. The van der Waals surface area contributed by atoms with Crippen molar-refractivity contribution in [3.05, 3.63) is 30.2 Å². The molecule has 0 aromatic carbocycles. The fraction of sp³-hybridized carbons (Fsp3) is 0.385. The van der Waals surface area contributed by atoms with Crippen molar-refractivity contribution in [3.8, 4) is 0 Å². The first-order valence-electron chi connectivity index (χ1n) is 5.90. The third-order valence-corrected chi connectivity index (χ3v) is 2.78. The van der Waals surface area contributed by atoms with Crippen molar-refractivity contribution < 1.29 is 23.5 Å². The monoisotopic (exact) mass is 265 g/mol. The first-order valence-corrected chi connectivity index (χ1v) is 5.90. The second kappa shape index (κ2) is 6.19. The Bertz CT molecular complexity index is 465. The number of carbonyl (C=O) groups is 2. The average molecular weight is 265 g/mol. The van der Waals surface area contributed by atoms with Gasteiger partial charge in [-0.3, -0.25) is 4.79 Å². The molecule has 0 bridgehead atoms. The van der Waals surface area contributed by atoms with E-state index in [1.165, 1.54) is 19.4 Å². The summed E-state index contributed by atoms with van der Waals surface area (Å²) in [6.07, 6.45) is 3.83. The summed E-state index contributed by atoms with van der Waals surface area (Å²) >= 11 is 0. The van der Waals surface area contributed by atoms with Crippen LogP contribution in [0.4, 0.5) is 0 Å². The van der Waals surface area contributed by atoms with Crippen LogP contribution in [0.3, 0.4) is 0 Å². The summed E-state index contributed by atoms with van der Waals surface area (Å²) in [5.41, 5.74) is 0. The van der Waals surface area contributed by atoms with E-state index in [2.05, 4.69) is 4.74 Å². The molecule has 2 heterocycles. The second-order valence-corrected chi connectivity index (χ2v) is 4.02. The predicted molar refractivity (Wildman–Crippen MR) is 66.1 cm³/mol. The number of methoxy groups -OCH3 is 1. The standard InChI is InChI=1S/C13H15NO5/c1-17-13(16)11-9-14(6-8-19-11)12(15)5-4-10-3-2-7-18-10/h2-5,7,11H,6,8-9H2,1H3/b5-4+. The Balaban J connectivity index is 1.93. The van der Waals surface area contributed by atoms with Crippen LogP contribution in [0.25, 0.3) is 6.08 Å². The number of amides is 1. The van der Waals surface area contributed by atoms with Gasteiger partial charge in [-0.05, 0) is 18.2 Å². The fourth-order valence-corrected chi connectivity index (χ4v) is 1.77. The van der Waals surface area contributed by atoms with Gasteiger partial charge in [-0.2, -0.15) is 0 Å². The molecule has 6 nitrogen and oxygen atoms in total. The Labute approximate surface area is 110 Å². The van der Waals surface area contributed by atoms with E-state index in [1.807, 2.05) is 0 Å². The van der Waals surface area contributed by atoms with Gasteiger partial charge in [0.2, 0.25) is 5.91 Å². The van der Waals surface area contributed by atoms with Crippen LogP contribution in [0, 0.1) is 0 Å². The Kier molecular flexibility index (Phi) is 4.35. The molecular formula is C13H15NO5. The zero-order valence-electron chi connectivity index (χ0n) is 10.6. The smallest absolute Gasteiger partial charge is 0.336 e. The van der Waals surface area contributed by atoms with Gasteiger partial charge in [0.25, 0.3) is 0 Å². The van der Waals surface area contributed by atoms with Crippen molar-refractivity contribution in [2.75, 3.05) is 26.8 Å². The molecule has 1 aromatic heterocycles. The summed E-state index contributed by atoms with van der Waals surface area (Å²) in [4.78, 5) is 24.8. The molecular weight excluding hydrogens is 250 g/mol. The zero-order valence-corrected chi connectivity index (χ0v) is 10.6. The van der Waals surface area contributed by atoms with Crippen LogP contribution < -0.4 is 0 Å². The van der Waals surface area contributed by atoms with Gasteiger partial charge >= 0.3 is 5.97 Å². The van der Waals surface area contributed by atoms with Crippen LogP contribution in [0.15, 0.2) is 28.9 Å². The highest BCUT2D eigenvalue weighted by Gasteiger charge is 2.28. The number of rotatable bonds is 3. The SMILES string of the molecule is COC(=O)C1CN(C(=O)/C=C/c2ccco2)CCO1. The maximum Gasteiger partial charge on any atom is 0.336 e. The van der Waals surface area contributed by atoms with Crippen molar-refractivity contribution in [1.82, 2.24) is 4.90 Å². The van der Waals surface area contributed by atoms with E-state index < -0.39 is 12.1 Å². The van der Waals surface area contributed by atoms with Crippen LogP contribution in [0.5, 0.6) is 0 Å². The molecule has 0 saturated carbocycles. The minimum Gasteiger partial charge on any atom is -0.467 e. The highest BCUT2D eigenvalue weighted by atomic mass is 16.6. The van der Waals surface area contributed by atoms with Crippen LogP contribution in [-0.2, 0) is 19.1 Å². The van der Waals surface area contributed by atoms with E-state index >= 15 is 0 Å². The van der Waals surface area contributed by atoms with Crippen LogP contribution in [0.1, 0.15) is 5.76 Å². The summed E-state index contributed by atoms with van der Waals surface area (Å²) in [6.45, 7) is 0.975. The number of esters is 1. The van der Waals surface area contributed by atoms with Gasteiger partial charge in [-0.1, -0.05) is 0 Å². The zero-order chi connectivity index (χ0) is 13.7. The minimum atomic E-state index is -0.709. The molecule has 1 amide bonds. The predicted octanol–water partition coefficient (Wildman–Crippen LogP) is 0.693. The molecule has 1 fully saturated rings. The normalized spacial score (nSPS) is 19.6. The van der Waals surface area contributed by atoms with Gasteiger partial charge in [0.1, 0.15) is 5.76 Å². The Morgan fingerprint density at radius 2 is 2.37 bits per heavy atom. The molecule has 6 heteroatoms. The van der Waals surface area contributed by atoms with Crippen molar-refractivity contribution in [3.63, 3.8) is 0 Å². The van der Waals surface area contributed by atoms with Gasteiger partial charge in [0.15, 0.2) is 6.10 Å². The lowest BCUT2D eigenvalue weighted by molar-refractivity contribution is -0.161. The van der Waals surface area contributed by atoms with E-state index in [9.17, 15) is 9.59 Å². The summed E-state index contributed by atoms with van der Waals surface area (Å²) in [5.74, 6) is -0.0488. The largest absolute Gasteiger partial charge is 0.467 e. The Hall–Kier alpha value is -2.08. The minimum absolute atomic E-state index is 0.186. The average Bonchev–Trinajstić information content (AvgIpc) is 2.97. The number of morpholine rings is 1. The number of ether oxygens (including phenoxy) is 2. The summed E-state index contributed by atoms with van der Waals surface area (Å²) in [7, 11) is 1.29. The molecule has 0 spiro atoms. The van der Waals surface area contributed by atoms with Gasteiger partial charge in [-0.25, -0.2) is 4.79 Å². The molecule has 2 rings (SSSR count). The Morgan fingerprint density at radius 3 is 3.05 bits per heavy atom. The van der Waals surface area contributed by atoms with Crippen molar-refractivity contribution in [2.24, 2.45) is 0 Å². The van der Waals surface area contributed by atoms with E-state index in [0.717, 1.165) is 0 Å². The topological polar surface area (TPSA) is 69.0 Å². The molecule has 1 aliphatic heterocycles. The number of nitrogens with zero attached hydrogens (tertiary/aromatic N) is 1. The highest BCUT2D eigenvalue weighted by molar-refractivity contribution is 5.92. The van der Waals surface area contributed by atoms with Crippen LogP contribution >= 0.6 is 0 Å². The van der Waals surface area contributed by atoms with Crippen molar-refractivity contribution in [2.45, 2.75) is 6.10 Å². The summed E-state index contributed by atoms with van der Waals surface area (Å²) < 4.78 is 14.9. The Morgan fingerprint density at radius 1 is 1.53 bits per heavy atom.